The Labute approximate surface area is 184 Å². The van der Waals surface area contributed by atoms with Crippen molar-refractivity contribution < 1.29 is 26.3 Å². The molecule has 0 atom stereocenters. The summed E-state index contributed by atoms with van der Waals surface area (Å²) in [6, 6.07) is 11.2. The van der Waals surface area contributed by atoms with E-state index in [2.05, 4.69) is 4.72 Å². The summed E-state index contributed by atoms with van der Waals surface area (Å²) in [5.74, 6) is 0.588. The van der Waals surface area contributed by atoms with Crippen LogP contribution in [0.2, 0.25) is 0 Å². The Morgan fingerprint density at radius 2 is 1.84 bits per heavy atom. The predicted molar refractivity (Wildman–Crippen MR) is 121 cm³/mol. The molecular formula is C21H28N2O6S2. The second kappa shape index (κ2) is 9.35. The molecule has 0 spiro atoms. The fourth-order valence-electron chi connectivity index (χ4n) is 3.32. The van der Waals surface area contributed by atoms with Gasteiger partial charge in [0.25, 0.3) is 10.0 Å². The molecular weight excluding hydrogens is 440 g/mol. The van der Waals surface area contributed by atoms with Crippen molar-refractivity contribution in [2.24, 2.45) is 0 Å². The van der Waals surface area contributed by atoms with Crippen molar-refractivity contribution in [2.45, 2.75) is 44.6 Å². The minimum Gasteiger partial charge on any atom is -0.492 e. The molecule has 2 aromatic carbocycles. The number of ether oxygens (including phenoxy) is 2. The van der Waals surface area contributed by atoms with Crippen LogP contribution in [0.25, 0.3) is 0 Å². The maximum atomic E-state index is 13.3. The van der Waals surface area contributed by atoms with E-state index in [0.717, 1.165) is 0 Å². The van der Waals surface area contributed by atoms with Gasteiger partial charge in [0, 0.05) is 6.54 Å². The van der Waals surface area contributed by atoms with Gasteiger partial charge in [0.05, 0.1) is 29.8 Å². The summed E-state index contributed by atoms with van der Waals surface area (Å²) in [6.45, 7) is 6.02. The van der Waals surface area contributed by atoms with E-state index in [0.29, 0.717) is 30.8 Å². The molecule has 31 heavy (non-hydrogen) atoms. The predicted octanol–water partition coefficient (Wildman–Crippen LogP) is 3.60. The van der Waals surface area contributed by atoms with Crippen molar-refractivity contribution in [3.05, 3.63) is 42.5 Å². The van der Waals surface area contributed by atoms with E-state index in [1.54, 1.807) is 37.3 Å². The minimum atomic E-state index is -4.10. The molecule has 1 fully saturated rings. The number of sulfonamides is 2. The maximum absolute atomic E-state index is 13.3. The first-order valence-electron chi connectivity index (χ1n) is 10.2. The average molecular weight is 469 g/mol. The maximum Gasteiger partial charge on any atom is 0.265 e. The lowest BCUT2D eigenvalue weighted by Gasteiger charge is -2.29. The normalized spacial score (nSPS) is 16.2. The molecule has 1 aliphatic rings. The third kappa shape index (κ3) is 5.43. The van der Waals surface area contributed by atoms with Crippen LogP contribution in [0.5, 0.6) is 11.5 Å². The highest BCUT2D eigenvalue weighted by Crippen LogP contribution is 2.34. The standard InChI is InChI=1S/C21H28N2O6S2/c1-4-28-20-12-11-17(23-13-7-8-14-30(23,24)25)15-21(20)31(26,27)22-18-9-5-6-10-19(18)29-16(2)3/h5-6,9-12,15-16,22H,4,7-8,13-14H2,1-3H3. The third-order valence-corrected chi connectivity index (χ3v) is 7.90. The number of para-hydroxylation sites is 2. The summed E-state index contributed by atoms with van der Waals surface area (Å²) in [4.78, 5) is -0.132. The number of nitrogens with zero attached hydrogens (tertiary/aromatic N) is 1. The van der Waals surface area contributed by atoms with Crippen molar-refractivity contribution in [3.63, 3.8) is 0 Å². The van der Waals surface area contributed by atoms with Gasteiger partial charge in [0.1, 0.15) is 16.4 Å². The molecule has 0 bridgehead atoms. The Balaban J connectivity index is 2.03. The molecule has 0 aliphatic carbocycles. The van der Waals surface area contributed by atoms with Crippen molar-refractivity contribution in [1.29, 1.82) is 0 Å². The van der Waals surface area contributed by atoms with Gasteiger partial charge in [-0.25, -0.2) is 16.8 Å². The summed E-state index contributed by atoms with van der Waals surface area (Å²) < 4.78 is 66.7. The number of hydrogen-bond donors (Lipinski definition) is 1. The number of hydrogen-bond acceptors (Lipinski definition) is 6. The fraction of sp³-hybridized carbons (Fsp3) is 0.429. The summed E-state index contributed by atoms with van der Waals surface area (Å²) >= 11 is 0. The molecule has 0 radical (unpaired) electrons. The van der Waals surface area contributed by atoms with E-state index >= 15 is 0 Å². The molecule has 1 N–H and O–H groups in total. The van der Waals surface area contributed by atoms with E-state index < -0.39 is 20.0 Å². The monoisotopic (exact) mass is 468 g/mol. The molecule has 1 aliphatic heterocycles. The Kier molecular flexibility index (Phi) is 7.00. The molecule has 8 nitrogen and oxygen atoms in total. The average Bonchev–Trinajstić information content (AvgIpc) is 2.69. The van der Waals surface area contributed by atoms with Crippen LogP contribution in [0.15, 0.2) is 47.4 Å². The quantitative estimate of drug-likeness (QED) is 0.635. The van der Waals surface area contributed by atoms with Gasteiger partial charge in [0.15, 0.2) is 0 Å². The fourth-order valence-corrected chi connectivity index (χ4v) is 6.19. The van der Waals surface area contributed by atoms with Crippen LogP contribution in [-0.2, 0) is 20.0 Å². The number of nitrogens with one attached hydrogen (secondary N) is 1. The zero-order chi connectivity index (χ0) is 22.6. The first kappa shape index (κ1) is 23.2. The largest absolute Gasteiger partial charge is 0.492 e. The van der Waals surface area contributed by atoms with Gasteiger partial charge in [-0.05, 0) is 63.9 Å². The number of anilines is 2. The van der Waals surface area contributed by atoms with E-state index in [9.17, 15) is 16.8 Å². The van der Waals surface area contributed by atoms with Crippen LogP contribution in [0.4, 0.5) is 11.4 Å². The van der Waals surface area contributed by atoms with Crippen molar-refractivity contribution in [1.82, 2.24) is 0 Å². The zero-order valence-corrected chi connectivity index (χ0v) is 19.5. The molecule has 10 heteroatoms. The van der Waals surface area contributed by atoms with Gasteiger partial charge >= 0.3 is 0 Å². The molecule has 0 saturated carbocycles. The number of rotatable bonds is 8. The Bertz CT molecular complexity index is 1130. The highest BCUT2D eigenvalue weighted by atomic mass is 32.2. The highest BCUT2D eigenvalue weighted by molar-refractivity contribution is 7.93. The zero-order valence-electron chi connectivity index (χ0n) is 17.9. The molecule has 170 valence electrons. The van der Waals surface area contributed by atoms with Crippen LogP contribution in [-0.4, -0.2) is 41.8 Å². The first-order valence-corrected chi connectivity index (χ1v) is 13.3. The van der Waals surface area contributed by atoms with Crippen molar-refractivity contribution in [3.8, 4) is 11.5 Å². The second-order valence-corrected chi connectivity index (χ2v) is 11.1. The van der Waals surface area contributed by atoms with Crippen molar-refractivity contribution in [2.75, 3.05) is 27.9 Å². The molecule has 0 amide bonds. The Hall–Kier alpha value is -2.46. The second-order valence-electron chi connectivity index (χ2n) is 7.43. The van der Waals surface area contributed by atoms with Crippen LogP contribution in [0, 0.1) is 0 Å². The lowest BCUT2D eigenvalue weighted by Crippen LogP contribution is -2.38. The molecule has 3 rings (SSSR count). The molecule has 1 heterocycles. The van der Waals surface area contributed by atoms with E-state index in [4.69, 9.17) is 9.47 Å². The van der Waals surface area contributed by atoms with Gasteiger partial charge in [-0.1, -0.05) is 12.1 Å². The summed E-state index contributed by atoms with van der Waals surface area (Å²) in [7, 11) is -7.59. The van der Waals surface area contributed by atoms with E-state index in [1.165, 1.54) is 16.4 Å². The van der Waals surface area contributed by atoms with Crippen LogP contribution in [0.3, 0.4) is 0 Å². The lowest BCUT2D eigenvalue weighted by molar-refractivity contribution is 0.244. The molecule has 0 unspecified atom stereocenters. The SMILES string of the molecule is CCOc1ccc(N2CCCCS2(=O)=O)cc1S(=O)(=O)Nc1ccccc1OC(C)C. The van der Waals surface area contributed by atoms with E-state index in [-0.39, 0.29) is 34.8 Å². The highest BCUT2D eigenvalue weighted by Gasteiger charge is 2.29. The smallest absolute Gasteiger partial charge is 0.265 e. The van der Waals surface area contributed by atoms with Crippen LogP contribution in [0.1, 0.15) is 33.6 Å². The van der Waals surface area contributed by atoms with Gasteiger partial charge < -0.3 is 9.47 Å². The molecule has 2 aromatic rings. The van der Waals surface area contributed by atoms with Crippen LogP contribution >= 0.6 is 0 Å². The Morgan fingerprint density at radius 1 is 1.10 bits per heavy atom. The van der Waals surface area contributed by atoms with Gasteiger partial charge in [-0.15, -0.1) is 0 Å². The lowest BCUT2D eigenvalue weighted by atomic mass is 10.2. The third-order valence-electron chi connectivity index (χ3n) is 4.65. The Morgan fingerprint density at radius 3 is 2.52 bits per heavy atom. The van der Waals surface area contributed by atoms with Gasteiger partial charge in [-0.2, -0.15) is 0 Å². The first-order chi connectivity index (χ1) is 14.6. The summed E-state index contributed by atoms with van der Waals surface area (Å²) in [6.07, 6.45) is 1.17. The molecule has 0 aromatic heterocycles. The van der Waals surface area contributed by atoms with Gasteiger partial charge in [0.2, 0.25) is 10.0 Å². The molecule has 1 saturated heterocycles. The van der Waals surface area contributed by atoms with E-state index in [1.807, 2.05) is 13.8 Å². The minimum absolute atomic E-state index is 0.0421. The topological polar surface area (TPSA) is 102 Å². The number of benzene rings is 2. The van der Waals surface area contributed by atoms with Crippen LogP contribution < -0.4 is 18.5 Å². The summed E-state index contributed by atoms with van der Waals surface area (Å²) in [5.41, 5.74) is 0.588. The summed E-state index contributed by atoms with van der Waals surface area (Å²) in [5, 5.41) is 0. The van der Waals surface area contributed by atoms with Crippen molar-refractivity contribution >= 4 is 31.4 Å². The van der Waals surface area contributed by atoms with Gasteiger partial charge in [-0.3, -0.25) is 9.03 Å².